The average Bonchev–Trinajstić information content (AvgIpc) is 3.02. The fourth-order valence-electron chi connectivity index (χ4n) is 2.33. The number of rotatable bonds is 1. The standard InChI is InChI=1S/C13H14BrNO5/c1-12(2,3)19-11(17)7-5-13(20-15-7)4-6(14)8(16)9-10(13)18-9/h4,9-10H,5H2,1-3H3/t9-,10-,13+/m0/s1. The third kappa shape index (κ3) is 2.18. The van der Waals surface area contributed by atoms with Gasteiger partial charge in [-0.05, 0) is 42.8 Å². The highest BCUT2D eigenvalue weighted by atomic mass is 79.9. The van der Waals surface area contributed by atoms with Crippen LogP contribution in [-0.2, 0) is 23.9 Å². The number of hydrogen-bond acceptors (Lipinski definition) is 6. The number of Topliss-reactive ketones (excluding diaryl/α,β-unsaturated/α-hetero) is 1. The van der Waals surface area contributed by atoms with Crippen molar-refractivity contribution in [3.63, 3.8) is 0 Å². The molecule has 1 aliphatic carbocycles. The number of hydrogen-bond donors (Lipinski definition) is 0. The van der Waals surface area contributed by atoms with Crippen LogP contribution in [-0.4, -0.2) is 40.9 Å². The van der Waals surface area contributed by atoms with Crippen molar-refractivity contribution in [3.8, 4) is 0 Å². The number of epoxide rings is 1. The Morgan fingerprint density at radius 2 is 2.25 bits per heavy atom. The number of fused-ring (bicyclic) bond motifs is 2. The molecule has 0 saturated carbocycles. The van der Waals surface area contributed by atoms with Crippen molar-refractivity contribution in [2.75, 3.05) is 0 Å². The highest BCUT2D eigenvalue weighted by molar-refractivity contribution is 9.12. The van der Waals surface area contributed by atoms with Gasteiger partial charge in [0, 0.05) is 6.42 Å². The molecule has 0 bridgehead atoms. The first-order valence-corrected chi connectivity index (χ1v) is 7.08. The van der Waals surface area contributed by atoms with Crippen molar-refractivity contribution < 1.29 is 23.9 Å². The van der Waals surface area contributed by atoms with E-state index >= 15 is 0 Å². The summed E-state index contributed by atoms with van der Waals surface area (Å²) in [5.41, 5.74) is -1.25. The number of halogens is 1. The van der Waals surface area contributed by atoms with E-state index in [4.69, 9.17) is 14.3 Å². The van der Waals surface area contributed by atoms with Crippen LogP contribution in [0.2, 0.25) is 0 Å². The van der Waals surface area contributed by atoms with E-state index in [1.54, 1.807) is 26.8 Å². The number of carbonyl (C=O) groups excluding carboxylic acids is 2. The molecule has 1 spiro atoms. The lowest BCUT2D eigenvalue weighted by atomic mass is 9.86. The smallest absolute Gasteiger partial charge is 0.356 e. The Hall–Kier alpha value is -1.21. The molecule has 2 heterocycles. The van der Waals surface area contributed by atoms with Crippen molar-refractivity contribution in [3.05, 3.63) is 10.6 Å². The Bertz CT molecular complexity index is 562. The predicted octanol–water partition coefficient (Wildman–Crippen LogP) is 1.47. The molecule has 0 radical (unpaired) electrons. The maximum absolute atomic E-state index is 12.0. The van der Waals surface area contributed by atoms with Gasteiger partial charge < -0.3 is 14.3 Å². The minimum absolute atomic E-state index is 0.102. The topological polar surface area (TPSA) is 77.5 Å². The van der Waals surface area contributed by atoms with Crippen molar-refractivity contribution in [1.29, 1.82) is 0 Å². The van der Waals surface area contributed by atoms with Crippen LogP contribution in [0, 0.1) is 0 Å². The zero-order valence-corrected chi connectivity index (χ0v) is 12.9. The second-order valence-corrected chi connectivity index (χ2v) is 6.95. The van der Waals surface area contributed by atoms with Crippen LogP contribution in [0.5, 0.6) is 0 Å². The van der Waals surface area contributed by atoms with Gasteiger partial charge in [-0.1, -0.05) is 5.16 Å². The lowest BCUT2D eigenvalue weighted by Gasteiger charge is -2.23. The van der Waals surface area contributed by atoms with E-state index in [9.17, 15) is 9.59 Å². The Labute approximate surface area is 124 Å². The van der Waals surface area contributed by atoms with Crippen LogP contribution < -0.4 is 0 Å². The summed E-state index contributed by atoms with van der Waals surface area (Å²) in [4.78, 5) is 29.1. The van der Waals surface area contributed by atoms with E-state index in [-0.39, 0.29) is 24.0 Å². The van der Waals surface area contributed by atoms with Crippen molar-refractivity contribution in [1.82, 2.24) is 0 Å². The molecule has 0 aromatic carbocycles. The first kappa shape index (κ1) is 13.8. The van der Waals surface area contributed by atoms with Crippen molar-refractivity contribution in [2.45, 2.75) is 50.6 Å². The number of carbonyl (C=O) groups is 2. The molecule has 0 aromatic rings. The van der Waals surface area contributed by atoms with Crippen LogP contribution >= 0.6 is 15.9 Å². The normalized spacial score (nSPS) is 35.1. The molecule has 108 valence electrons. The Balaban J connectivity index is 1.76. The largest absolute Gasteiger partial charge is 0.455 e. The summed E-state index contributed by atoms with van der Waals surface area (Å²) < 4.78 is 11.0. The van der Waals surface area contributed by atoms with Crippen molar-refractivity contribution >= 4 is 33.4 Å². The minimum Gasteiger partial charge on any atom is -0.455 e. The van der Waals surface area contributed by atoms with E-state index < -0.39 is 23.3 Å². The molecular weight excluding hydrogens is 330 g/mol. The number of ether oxygens (including phenoxy) is 2. The molecule has 0 unspecified atom stereocenters. The Morgan fingerprint density at radius 3 is 2.90 bits per heavy atom. The van der Waals surface area contributed by atoms with E-state index in [0.29, 0.717) is 4.48 Å². The van der Waals surface area contributed by atoms with Gasteiger partial charge >= 0.3 is 5.97 Å². The lowest BCUT2D eigenvalue weighted by molar-refractivity contribution is -0.146. The molecule has 3 atom stereocenters. The zero-order chi connectivity index (χ0) is 14.7. The summed E-state index contributed by atoms with van der Waals surface area (Å²) in [5.74, 6) is -0.608. The van der Waals surface area contributed by atoms with Gasteiger partial charge in [0.05, 0.1) is 4.48 Å². The van der Waals surface area contributed by atoms with Gasteiger partial charge in [0.1, 0.15) is 11.7 Å². The van der Waals surface area contributed by atoms with Crippen molar-refractivity contribution in [2.24, 2.45) is 5.16 Å². The molecule has 0 aromatic heterocycles. The molecular formula is C13H14BrNO5. The van der Waals surface area contributed by atoms with Gasteiger partial charge in [-0.3, -0.25) is 4.79 Å². The summed E-state index contributed by atoms with van der Waals surface area (Å²) >= 11 is 3.20. The van der Waals surface area contributed by atoms with E-state index in [1.807, 2.05) is 0 Å². The van der Waals surface area contributed by atoms with Crippen LogP contribution in [0.4, 0.5) is 0 Å². The van der Waals surface area contributed by atoms with Crippen LogP contribution in [0.25, 0.3) is 0 Å². The molecule has 3 rings (SSSR count). The number of oxime groups is 1. The minimum atomic E-state index is -0.871. The molecule has 20 heavy (non-hydrogen) atoms. The average molecular weight is 344 g/mol. The third-order valence-corrected chi connectivity index (χ3v) is 3.86. The van der Waals surface area contributed by atoms with Gasteiger partial charge in [-0.15, -0.1) is 0 Å². The summed E-state index contributed by atoms with van der Waals surface area (Å²) in [6.07, 6.45) is 0.998. The van der Waals surface area contributed by atoms with Gasteiger partial charge in [0.2, 0.25) is 5.78 Å². The highest BCUT2D eigenvalue weighted by Crippen LogP contribution is 2.47. The summed E-state index contributed by atoms with van der Waals surface area (Å²) in [6, 6.07) is 0. The maximum atomic E-state index is 12.0. The number of ketones is 1. The fourth-order valence-corrected chi connectivity index (χ4v) is 2.94. The molecule has 3 aliphatic rings. The van der Waals surface area contributed by atoms with Gasteiger partial charge in [-0.2, -0.15) is 0 Å². The first-order valence-electron chi connectivity index (χ1n) is 6.28. The molecule has 1 saturated heterocycles. The van der Waals surface area contributed by atoms with E-state index in [1.165, 1.54) is 0 Å². The van der Waals surface area contributed by atoms with Gasteiger partial charge in [-0.25, -0.2) is 4.79 Å². The Kier molecular flexibility index (Phi) is 2.85. The van der Waals surface area contributed by atoms with Crippen LogP contribution in [0.3, 0.4) is 0 Å². The maximum Gasteiger partial charge on any atom is 0.356 e. The number of nitrogens with zero attached hydrogens (tertiary/aromatic N) is 1. The summed E-state index contributed by atoms with van der Waals surface area (Å²) in [5, 5.41) is 3.82. The zero-order valence-electron chi connectivity index (χ0n) is 11.3. The predicted molar refractivity (Wildman–Crippen MR) is 72.4 cm³/mol. The SMILES string of the molecule is CC(C)(C)OC(=O)C1=NO[C@]2(C=C(Br)C(=O)[C@@H]3O[C@@H]32)C1. The first-order chi connectivity index (χ1) is 9.22. The fraction of sp³-hybridized carbons (Fsp3) is 0.615. The quantitative estimate of drug-likeness (QED) is 0.532. The summed E-state index contributed by atoms with van der Waals surface area (Å²) in [6.45, 7) is 5.35. The lowest BCUT2D eigenvalue weighted by Crippen LogP contribution is -2.41. The molecule has 0 N–H and O–H groups in total. The highest BCUT2D eigenvalue weighted by Gasteiger charge is 2.65. The van der Waals surface area contributed by atoms with Gasteiger partial charge in [0.15, 0.2) is 17.4 Å². The van der Waals surface area contributed by atoms with Crippen LogP contribution in [0.1, 0.15) is 27.2 Å². The molecule has 1 fully saturated rings. The van der Waals surface area contributed by atoms with Crippen LogP contribution in [0.15, 0.2) is 15.7 Å². The second-order valence-electron chi connectivity index (χ2n) is 6.10. The molecule has 0 amide bonds. The molecule has 6 nitrogen and oxygen atoms in total. The molecule has 7 heteroatoms. The number of esters is 1. The van der Waals surface area contributed by atoms with Gasteiger partial charge in [0.25, 0.3) is 0 Å². The summed E-state index contributed by atoms with van der Waals surface area (Å²) in [7, 11) is 0. The molecule has 2 aliphatic heterocycles. The monoisotopic (exact) mass is 343 g/mol. The Morgan fingerprint density at radius 1 is 1.55 bits per heavy atom. The third-order valence-electron chi connectivity index (χ3n) is 3.24. The van der Waals surface area contributed by atoms with E-state index in [0.717, 1.165) is 0 Å². The second kappa shape index (κ2) is 4.14. The van der Waals surface area contributed by atoms with E-state index in [2.05, 4.69) is 21.1 Å².